The van der Waals surface area contributed by atoms with E-state index in [2.05, 4.69) is 9.59 Å². The Morgan fingerprint density at radius 2 is 2.07 bits per heavy atom. The highest BCUT2D eigenvalue weighted by molar-refractivity contribution is 7.03. The van der Waals surface area contributed by atoms with Gasteiger partial charge in [-0.05, 0) is 23.7 Å². The van der Waals surface area contributed by atoms with Crippen LogP contribution >= 0.6 is 11.5 Å². The van der Waals surface area contributed by atoms with E-state index in [9.17, 15) is 4.79 Å². The number of para-hydroxylation sites is 1. The molecule has 0 aliphatic heterocycles. The lowest BCUT2D eigenvalue weighted by atomic mass is 10.3. The van der Waals surface area contributed by atoms with Gasteiger partial charge in [-0.15, -0.1) is 5.10 Å². The second kappa shape index (κ2) is 4.16. The fourth-order valence-electron chi connectivity index (χ4n) is 1.09. The van der Waals surface area contributed by atoms with Crippen LogP contribution in [0.25, 0.3) is 0 Å². The Morgan fingerprint density at radius 3 is 2.67 bits per heavy atom. The molecule has 1 amide bonds. The SMILES string of the molecule is NN(C(=O)c1csnn1)c1ccccc1. The maximum atomic E-state index is 11.7. The molecular formula is C9H8N4OS. The largest absolute Gasteiger partial charge is 0.293 e. The zero-order chi connectivity index (χ0) is 10.7. The molecule has 1 aromatic heterocycles. The summed E-state index contributed by atoms with van der Waals surface area (Å²) in [7, 11) is 0. The van der Waals surface area contributed by atoms with E-state index in [4.69, 9.17) is 5.84 Å². The Bertz CT molecular complexity index is 442. The number of hydrazine groups is 1. The first kappa shape index (κ1) is 9.75. The summed E-state index contributed by atoms with van der Waals surface area (Å²) >= 11 is 1.12. The van der Waals surface area contributed by atoms with Gasteiger partial charge in [0.15, 0.2) is 5.69 Å². The van der Waals surface area contributed by atoms with Crippen LogP contribution in [0.4, 0.5) is 5.69 Å². The molecule has 6 heteroatoms. The smallest absolute Gasteiger partial charge is 0.265 e. The summed E-state index contributed by atoms with van der Waals surface area (Å²) in [6.07, 6.45) is 0. The summed E-state index contributed by atoms with van der Waals surface area (Å²) in [6, 6.07) is 8.96. The zero-order valence-corrected chi connectivity index (χ0v) is 8.52. The van der Waals surface area contributed by atoms with Crippen molar-refractivity contribution < 1.29 is 4.79 Å². The lowest BCUT2D eigenvalue weighted by Gasteiger charge is -2.14. The predicted octanol–water partition coefficient (Wildman–Crippen LogP) is 1.06. The maximum absolute atomic E-state index is 11.7. The van der Waals surface area contributed by atoms with E-state index in [-0.39, 0.29) is 11.6 Å². The number of rotatable bonds is 2. The van der Waals surface area contributed by atoms with Crippen LogP contribution in [-0.2, 0) is 0 Å². The first-order valence-corrected chi connectivity index (χ1v) is 5.04. The quantitative estimate of drug-likeness (QED) is 0.466. The van der Waals surface area contributed by atoms with Crippen LogP contribution in [0.5, 0.6) is 0 Å². The number of amides is 1. The van der Waals surface area contributed by atoms with E-state index >= 15 is 0 Å². The fraction of sp³-hybridized carbons (Fsp3) is 0. The molecule has 2 rings (SSSR count). The minimum absolute atomic E-state index is 0.256. The van der Waals surface area contributed by atoms with Gasteiger partial charge in [-0.1, -0.05) is 22.7 Å². The molecule has 0 fully saturated rings. The van der Waals surface area contributed by atoms with Gasteiger partial charge in [0.05, 0.1) is 5.69 Å². The number of nitrogens with two attached hydrogens (primary N) is 1. The van der Waals surface area contributed by atoms with Gasteiger partial charge in [-0.3, -0.25) is 4.79 Å². The number of nitrogens with zero attached hydrogens (tertiary/aromatic N) is 3. The maximum Gasteiger partial charge on any atom is 0.293 e. The molecule has 5 nitrogen and oxygen atoms in total. The van der Waals surface area contributed by atoms with E-state index in [0.717, 1.165) is 16.5 Å². The molecule has 2 aromatic rings. The highest BCUT2D eigenvalue weighted by Gasteiger charge is 2.16. The molecule has 0 atom stereocenters. The number of aromatic nitrogens is 2. The van der Waals surface area contributed by atoms with Gasteiger partial charge in [0, 0.05) is 5.38 Å². The van der Waals surface area contributed by atoms with Crippen molar-refractivity contribution in [2.75, 3.05) is 5.01 Å². The first-order chi connectivity index (χ1) is 7.29. The number of carbonyl (C=O) groups excluding carboxylic acids is 1. The first-order valence-electron chi connectivity index (χ1n) is 4.20. The van der Waals surface area contributed by atoms with Crippen molar-refractivity contribution in [2.24, 2.45) is 5.84 Å². The van der Waals surface area contributed by atoms with Gasteiger partial charge < -0.3 is 0 Å². The third kappa shape index (κ3) is 2.00. The van der Waals surface area contributed by atoms with Crippen molar-refractivity contribution in [1.29, 1.82) is 0 Å². The third-order valence-electron chi connectivity index (χ3n) is 1.83. The van der Waals surface area contributed by atoms with Crippen LogP contribution < -0.4 is 10.9 Å². The van der Waals surface area contributed by atoms with E-state index in [1.807, 2.05) is 18.2 Å². The average molecular weight is 220 g/mol. The standard InChI is InChI=1S/C9H8N4OS/c10-13(7-4-2-1-3-5-7)9(14)8-6-15-12-11-8/h1-6H,10H2. The van der Waals surface area contributed by atoms with Crippen molar-refractivity contribution in [3.63, 3.8) is 0 Å². The number of hydrogen-bond acceptors (Lipinski definition) is 5. The second-order valence-corrected chi connectivity index (χ2v) is 3.41. The summed E-state index contributed by atoms with van der Waals surface area (Å²) in [5.74, 6) is 5.28. The minimum Gasteiger partial charge on any atom is -0.265 e. The summed E-state index contributed by atoms with van der Waals surface area (Å²) in [4.78, 5) is 11.7. The molecule has 0 unspecified atom stereocenters. The van der Waals surface area contributed by atoms with Gasteiger partial charge >= 0.3 is 0 Å². The van der Waals surface area contributed by atoms with Crippen LogP contribution in [0, 0.1) is 0 Å². The van der Waals surface area contributed by atoms with Crippen molar-refractivity contribution in [3.8, 4) is 0 Å². The molecule has 0 radical (unpaired) electrons. The molecule has 0 saturated heterocycles. The average Bonchev–Trinajstić information content (AvgIpc) is 2.82. The Kier molecular flexibility index (Phi) is 2.70. The number of hydrogen-bond donors (Lipinski definition) is 1. The normalized spacial score (nSPS) is 9.93. The van der Waals surface area contributed by atoms with Crippen molar-refractivity contribution >= 4 is 23.1 Å². The molecular weight excluding hydrogens is 212 g/mol. The molecule has 15 heavy (non-hydrogen) atoms. The lowest BCUT2D eigenvalue weighted by Crippen LogP contribution is -2.37. The van der Waals surface area contributed by atoms with Crippen molar-refractivity contribution in [2.45, 2.75) is 0 Å². The molecule has 0 saturated carbocycles. The second-order valence-electron chi connectivity index (χ2n) is 2.80. The highest BCUT2D eigenvalue weighted by atomic mass is 32.1. The summed E-state index contributed by atoms with van der Waals surface area (Å²) < 4.78 is 3.61. The van der Waals surface area contributed by atoms with Gasteiger partial charge in [0.25, 0.3) is 5.91 Å². The van der Waals surface area contributed by atoms with Gasteiger partial charge in [-0.25, -0.2) is 10.9 Å². The van der Waals surface area contributed by atoms with Gasteiger partial charge in [0.1, 0.15) is 0 Å². The fourth-order valence-corrected chi connectivity index (χ4v) is 1.52. The van der Waals surface area contributed by atoms with Crippen LogP contribution in [0.2, 0.25) is 0 Å². The monoisotopic (exact) mass is 220 g/mol. The van der Waals surface area contributed by atoms with E-state index in [1.54, 1.807) is 17.5 Å². The van der Waals surface area contributed by atoms with Crippen molar-refractivity contribution in [1.82, 2.24) is 9.59 Å². The predicted molar refractivity (Wildman–Crippen MR) is 57.3 cm³/mol. The zero-order valence-electron chi connectivity index (χ0n) is 7.70. The van der Waals surface area contributed by atoms with Crippen molar-refractivity contribution in [3.05, 3.63) is 41.4 Å². The Morgan fingerprint density at radius 1 is 1.33 bits per heavy atom. The van der Waals surface area contributed by atoms with E-state index in [1.165, 1.54) is 0 Å². The van der Waals surface area contributed by atoms with E-state index in [0.29, 0.717) is 5.69 Å². The third-order valence-corrected chi connectivity index (χ3v) is 2.34. The molecule has 0 spiro atoms. The summed E-state index contributed by atoms with van der Waals surface area (Å²) in [5.41, 5.74) is 0.877. The molecule has 1 aromatic carbocycles. The van der Waals surface area contributed by atoms with E-state index < -0.39 is 0 Å². The lowest BCUT2D eigenvalue weighted by molar-refractivity contribution is 0.0982. The van der Waals surface area contributed by atoms with Gasteiger partial charge in [-0.2, -0.15) is 0 Å². The van der Waals surface area contributed by atoms with Crippen LogP contribution in [0.1, 0.15) is 10.5 Å². The molecule has 0 bridgehead atoms. The topological polar surface area (TPSA) is 72.1 Å². The molecule has 0 aliphatic carbocycles. The molecule has 0 aliphatic rings. The number of anilines is 1. The van der Waals surface area contributed by atoms with Gasteiger partial charge in [0.2, 0.25) is 0 Å². The molecule has 76 valence electrons. The molecule has 2 N–H and O–H groups in total. The minimum atomic E-state index is -0.366. The Balaban J connectivity index is 2.23. The van der Waals surface area contributed by atoms with Crippen LogP contribution in [0.15, 0.2) is 35.7 Å². The Hall–Kier alpha value is -1.79. The van der Waals surface area contributed by atoms with Crippen LogP contribution in [-0.4, -0.2) is 15.5 Å². The summed E-state index contributed by atoms with van der Waals surface area (Å²) in [5, 5.41) is 6.27. The number of carbonyl (C=O) groups is 1. The summed E-state index contributed by atoms with van der Waals surface area (Å²) in [6.45, 7) is 0. The molecule has 1 heterocycles. The van der Waals surface area contributed by atoms with Crippen LogP contribution in [0.3, 0.4) is 0 Å². The Labute approximate surface area is 90.3 Å². The highest BCUT2D eigenvalue weighted by Crippen LogP contribution is 2.12. The number of benzene rings is 1.